The zero-order valence-corrected chi connectivity index (χ0v) is 15.0. The van der Waals surface area contributed by atoms with Gasteiger partial charge in [-0.15, -0.1) is 11.3 Å². The number of aromatic nitrogens is 1. The van der Waals surface area contributed by atoms with Crippen molar-refractivity contribution in [3.63, 3.8) is 0 Å². The van der Waals surface area contributed by atoms with E-state index >= 15 is 0 Å². The van der Waals surface area contributed by atoms with Crippen molar-refractivity contribution in [2.24, 2.45) is 10.9 Å². The van der Waals surface area contributed by atoms with Gasteiger partial charge in [-0.2, -0.15) is 0 Å². The first-order chi connectivity index (χ1) is 11.1. The maximum Gasteiger partial charge on any atom is 0.310 e. The minimum Gasteiger partial charge on any atom is -0.466 e. The van der Waals surface area contributed by atoms with Crippen molar-refractivity contribution in [2.75, 3.05) is 33.3 Å². The number of carbonyl (C=O) groups excluding carboxylic acids is 1. The molecule has 23 heavy (non-hydrogen) atoms. The Morgan fingerprint density at radius 2 is 2.43 bits per heavy atom. The molecule has 7 heteroatoms. The van der Waals surface area contributed by atoms with E-state index in [1.807, 2.05) is 13.8 Å². The number of rotatable bonds is 5. The maximum absolute atomic E-state index is 11.9. The van der Waals surface area contributed by atoms with Crippen LogP contribution in [0.25, 0.3) is 0 Å². The molecule has 128 valence electrons. The molecule has 0 radical (unpaired) electrons. The average molecular weight is 338 g/mol. The smallest absolute Gasteiger partial charge is 0.310 e. The predicted molar refractivity (Wildman–Crippen MR) is 92.8 cm³/mol. The zero-order valence-electron chi connectivity index (χ0n) is 14.2. The van der Waals surface area contributed by atoms with Gasteiger partial charge in [-0.25, -0.2) is 4.98 Å². The summed E-state index contributed by atoms with van der Waals surface area (Å²) in [7, 11) is 1.78. The highest BCUT2D eigenvalue weighted by molar-refractivity contribution is 7.09. The van der Waals surface area contributed by atoms with Crippen LogP contribution in [0.1, 0.15) is 30.5 Å². The van der Waals surface area contributed by atoms with Gasteiger partial charge in [0, 0.05) is 38.5 Å². The Bertz CT molecular complexity index is 544. The molecule has 0 aliphatic carbocycles. The number of aryl methyl sites for hydroxylation is 1. The number of carbonyl (C=O) groups is 1. The van der Waals surface area contributed by atoms with Crippen LogP contribution in [-0.2, 0) is 16.0 Å². The second-order valence-electron chi connectivity index (χ2n) is 5.62. The van der Waals surface area contributed by atoms with Crippen LogP contribution in [0.5, 0.6) is 0 Å². The summed E-state index contributed by atoms with van der Waals surface area (Å²) in [5.74, 6) is 0.708. The summed E-state index contributed by atoms with van der Waals surface area (Å²) in [4.78, 5) is 22.9. The fourth-order valence-corrected chi connectivity index (χ4v) is 3.43. The third kappa shape index (κ3) is 5.20. The Kier molecular flexibility index (Phi) is 6.83. The molecular weight excluding hydrogens is 312 g/mol. The monoisotopic (exact) mass is 338 g/mol. The van der Waals surface area contributed by atoms with Crippen molar-refractivity contribution in [3.05, 3.63) is 16.1 Å². The van der Waals surface area contributed by atoms with E-state index in [1.165, 1.54) is 0 Å². The minimum atomic E-state index is -0.0920. The molecule has 0 saturated carbocycles. The summed E-state index contributed by atoms with van der Waals surface area (Å²) in [6, 6.07) is 0. The molecule has 1 fully saturated rings. The lowest BCUT2D eigenvalue weighted by Crippen LogP contribution is -2.48. The van der Waals surface area contributed by atoms with Gasteiger partial charge in [-0.3, -0.25) is 9.79 Å². The van der Waals surface area contributed by atoms with Crippen molar-refractivity contribution in [2.45, 2.75) is 33.1 Å². The van der Waals surface area contributed by atoms with E-state index < -0.39 is 0 Å². The van der Waals surface area contributed by atoms with Crippen LogP contribution in [-0.4, -0.2) is 55.1 Å². The van der Waals surface area contributed by atoms with Crippen molar-refractivity contribution >= 4 is 23.3 Å². The van der Waals surface area contributed by atoms with Gasteiger partial charge in [0.05, 0.1) is 23.2 Å². The average Bonchev–Trinajstić information content (AvgIpc) is 2.97. The van der Waals surface area contributed by atoms with Gasteiger partial charge in [0.25, 0.3) is 0 Å². The number of piperidine rings is 1. The molecule has 1 aliphatic heterocycles. The first-order valence-electron chi connectivity index (χ1n) is 8.17. The maximum atomic E-state index is 11.9. The van der Waals surface area contributed by atoms with Gasteiger partial charge in [-0.05, 0) is 26.7 Å². The van der Waals surface area contributed by atoms with Crippen LogP contribution in [0, 0.1) is 12.8 Å². The number of hydrogen-bond acceptors (Lipinski definition) is 5. The highest BCUT2D eigenvalue weighted by atomic mass is 32.1. The number of thiazole rings is 1. The van der Waals surface area contributed by atoms with Gasteiger partial charge in [0.1, 0.15) is 0 Å². The summed E-state index contributed by atoms with van der Waals surface area (Å²) in [6.45, 7) is 6.69. The van der Waals surface area contributed by atoms with E-state index in [-0.39, 0.29) is 11.9 Å². The molecule has 0 bridgehead atoms. The van der Waals surface area contributed by atoms with Crippen LogP contribution in [0.4, 0.5) is 0 Å². The molecule has 0 aromatic carbocycles. The molecule has 1 N–H and O–H groups in total. The number of likely N-dealkylation sites (tertiary alicyclic amines) is 1. The number of nitrogens with zero attached hydrogens (tertiary/aromatic N) is 3. The molecule has 0 amide bonds. The number of hydrogen-bond donors (Lipinski definition) is 1. The topological polar surface area (TPSA) is 66.8 Å². The number of esters is 1. The molecule has 1 aromatic heterocycles. The fraction of sp³-hybridized carbons (Fsp3) is 0.688. The standard InChI is InChI=1S/C16H26N4O2S/c1-4-22-15(21)13-6-5-9-20(10-13)16(17-3)18-8-7-14-11-23-12(2)19-14/h11,13H,4-10H2,1-3H3,(H,17,18). The normalized spacial score (nSPS) is 18.8. The van der Waals surface area contributed by atoms with Crippen molar-refractivity contribution < 1.29 is 9.53 Å². The van der Waals surface area contributed by atoms with Crippen LogP contribution >= 0.6 is 11.3 Å². The summed E-state index contributed by atoms with van der Waals surface area (Å²) in [5, 5.41) is 6.57. The second-order valence-corrected chi connectivity index (χ2v) is 6.68. The zero-order chi connectivity index (χ0) is 16.7. The molecule has 6 nitrogen and oxygen atoms in total. The molecule has 0 spiro atoms. The molecule has 2 rings (SSSR count). The van der Waals surface area contributed by atoms with Crippen LogP contribution in [0.15, 0.2) is 10.4 Å². The van der Waals surface area contributed by atoms with E-state index in [2.05, 4.69) is 25.6 Å². The van der Waals surface area contributed by atoms with Gasteiger partial charge in [0.15, 0.2) is 5.96 Å². The SMILES string of the molecule is CCOC(=O)C1CCCN(C(=NC)NCCc2csc(C)n2)C1. The molecule has 1 unspecified atom stereocenters. The van der Waals surface area contributed by atoms with Gasteiger partial charge >= 0.3 is 5.97 Å². The predicted octanol–water partition coefficient (Wildman–Crippen LogP) is 1.84. The van der Waals surface area contributed by atoms with E-state index in [9.17, 15) is 4.79 Å². The van der Waals surface area contributed by atoms with E-state index in [1.54, 1.807) is 18.4 Å². The third-order valence-corrected chi connectivity index (χ3v) is 4.71. The van der Waals surface area contributed by atoms with E-state index in [0.29, 0.717) is 13.2 Å². The molecule has 1 aromatic rings. The number of guanidine groups is 1. The number of aliphatic imine (C=N–C) groups is 1. The number of ether oxygens (including phenoxy) is 1. The first kappa shape index (κ1) is 17.7. The van der Waals surface area contributed by atoms with E-state index in [4.69, 9.17) is 4.74 Å². The van der Waals surface area contributed by atoms with Crippen LogP contribution in [0.3, 0.4) is 0 Å². The molecule has 1 saturated heterocycles. The highest BCUT2D eigenvalue weighted by Gasteiger charge is 2.28. The van der Waals surface area contributed by atoms with Gasteiger partial charge in [0.2, 0.25) is 0 Å². The second kappa shape index (κ2) is 8.86. The van der Waals surface area contributed by atoms with Crippen molar-refractivity contribution in [1.29, 1.82) is 0 Å². The lowest BCUT2D eigenvalue weighted by molar-refractivity contribution is -0.149. The summed E-state index contributed by atoms with van der Waals surface area (Å²) >= 11 is 1.67. The quantitative estimate of drug-likeness (QED) is 0.504. The van der Waals surface area contributed by atoms with Crippen LogP contribution < -0.4 is 5.32 Å². The summed E-state index contributed by atoms with van der Waals surface area (Å²) in [6.07, 6.45) is 2.75. The molecule has 1 atom stereocenters. The lowest BCUT2D eigenvalue weighted by Gasteiger charge is -2.33. The van der Waals surface area contributed by atoms with Crippen molar-refractivity contribution in [1.82, 2.24) is 15.2 Å². The minimum absolute atomic E-state index is 0.0524. The number of nitrogens with one attached hydrogen (secondary N) is 1. The Morgan fingerprint density at radius 3 is 3.09 bits per heavy atom. The third-order valence-electron chi connectivity index (χ3n) is 3.88. The Hall–Kier alpha value is -1.63. The highest BCUT2D eigenvalue weighted by Crippen LogP contribution is 2.18. The Morgan fingerprint density at radius 1 is 1.61 bits per heavy atom. The fourth-order valence-electron chi connectivity index (χ4n) is 2.78. The Balaban J connectivity index is 1.83. The molecule has 1 aliphatic rings. The van der Waals surface area contributed by atoms with Gasteiger partial charge in [-0.1, -0.05) is 0 Å². The molecule has 2 heterocycles. The van der Waals surface area contributed by atoms with E-state index in [0.717, 1.165) is 49.0 Å². The van der Waals surface area contributed by atoms with Gasteiger partial charge < -0.3 is 15.0 Å². The molecular formula is C16H26N4O2S. The lowest BCUT2D eigenvalue weighted by atomic mass is 9.98. The summed E-state index contributed by atoms with van der Waals surface area (Å²) in [5.41, 5.74) is 1.11. The van der Waals surface area contributed by atoms with Crippen molar-refractivity contribution in [3.8, 4) is 0 Å². The largest absolute Gasteiger partial charge is 0.466 e. The Labute approximate surface area is 142 Å². The van der Waals surface area contributed by atoms with Crippen LogP contribution in [0.2, 0.25) is 0 Å². The summed E-state index contributed by atoms with van der Waals surface area (Å²) < 4.78 is 5.15. The first-order valence-corrected chi connectivity index (χ1v) is 9.05.